The SMILES string of the molecule is c1ccc2cc(C3(C4CCNC4)CCC3)ccc2c1. The number of rotatable bonds is 2. The molecule has 0 bridgehead atoms. The summed E-state index contributed by atoms with van der Waals surface area (Å²) in [7, 11) is 0. The highest BCUT2D eigenvalue weighted by Gasteiger charge is 2.45. The number of hydrogen-bond acceptors (Lipinski definition) is 1. The van der Waals surface area contributed by atoms with Crippen LogP contribution >= 0.6 is 0 Å². The number of nitrogens with one attached hydrogen (secondary N) is 1. The smallest absolute Gasteiger partial charge is 0.000596 e. The molecule has 98 valence electrons. The third kappa shape index (κ3) is 1.72. The first-order valence-corrected chi connectivity index (χ1v) is 7.58. The van der Waals surface area contributed by atoms with Gasteiger partial charge >= 0.3 is 0 Å². The Bertz CT molecular complexity index is 591. The highest BCUT2D eigenvalue weighted by Crippen LogP contribution is 2.51. The van der Waals surface area contributed by atoms with E-state index in [1.54, 1.807) is 5.56 Å². The lowest BCUT2D eigenvalue weighted by Crippen LogP contribution is -2.42. The zero-order valence-corrected chi connectivity index (χ0v) is 11.4. The molecule has 2 fully saturated rings. The van der Waals surface area contributed by atoms with Gasteiger partial charge in [-0.3, -0.25) is 0 Å². The van der Waals surface area contributed by atoms with Gasteiger partial charge in [0.2, 0.25) is 0 Å². The van der Waals surface area contributed by atoms with Crippen LogP contribution in [0.4, 0.5) is 0 Å². The molecule has 0 spiro atoms. The van der Waals surface area contributed by atoms with E-state index in [0.29, 0.717) is 5.41 Å². The molecule has 1 heterocycles. The summed E-state index contributed by atoms with van der Waals surface area (Å²) >= 11 is 0. The second-order valence-electron chi connectivity index (χ2n) is 6.26. The van der Waals surface area contributed by atoms with Crippen molar-refractivity contribution < 1.29 is 0 Å². The van der Waals surface area contributed by atoms with E-state index in [1.165, 1.54) is 49.5 Å². The van der Waals surface area contributed by atoms with Crippen LogP contribution < -0.4 is 5.32 Å². The van der Waals surface area contributed by atoms with E-state index in [0.717, 1.165) is 5.92 Å². The zero-order valence-electron chi connectivity index (χ0n) is 11.4. The quantitative estimate of drug-likeness (QED) is 0.854. The van der Waals surface area contributed by atoms with Gasteiger partial charge in [0.1, 0.15) is 0 Å². The van der Waals surface area contributed by atoms with Crippen molar-refractivity contribution in [1.29, 1.82) is 0 Å². The monoisotopic (exact) mass is 251 g/mol. The van der Waals surface area contributed by atoms with E-state index in [9.17, 15) is 0 Å². The second-order valence-corrected chi connectivity index (χ2v) is 6.26. The highest BCUT2D eigenvalue weighted by atomic mass is 14.9. The molecule has 2 aromatic rings. The van der Waals surface area contributed by atoms with Crippen LogP contribution in [0, 0.1) is 5.92 Å². The van der Waals surface area contributed by atoms with Gasteiger partial charge < -0.3 is 5.32 Å². The van der Waals surface area contributed by atoms with Crippen LogP contribution in [0.2, 0.25) is 0 Å². The lowest BCUT2D eigenvalue weighted by molar-refractivity contribution is 0.157. The maximum Gasteiger partial charge on any atom is -0.000596 e. The normalized spacial score (nSPS) is 25.4. The summed E-state index contributed by atoms with van der Waals surface area (Å²) < 4.78 is 0. The molecule has 1 unspecified atom stereocenters. The predicted octanol–water partition coefficient (Wildman–Crippen LogP) is 3.87. The predicted molar refractivity (Wildman–Crippen MR) is 80.5 cm³/mol. The Hall–Kier alpha value is -1.34. The molecule has 0 radical (unpaired) electrons. The summed E-state index contributed by atoms with van der Waals surface area (Å²) in [6.45, 7) is 2.42. The van der Waals surface area contributed by atoms with Crippen molar-refractivity contribution in [3.05, 3.63) is 48.0 Å². The lowest BCUT2D eigenvalue weighted by Gasteiger charge is -2.47. The van der Waals surface area contributed by atoms with Crippen LogP contribution in [0.15, 0.2) is 42.5 Å². The van der Waals surface area contributed by atoms with Gasteiger partial charge in [-0.1, -0.05) is 48.9 Å². The Morgan fingerprint density at radius 1 is 1.00 bits per heavy atom. The summed E-state index contributed by atoms with van der Waals surface area (Å²) in [6, 6.07) is 15.9. The Balaban J connectivity index is 1.79. The molecule has 1 N–H and O–H groups in total. The van der Waals surface area contributed by atoms with Crippen LogP contribution in [0.5, 0.6) is 0 Å². The maximum absolute atomic E-state index is 3.55. The molecule has 1 aliphatic heterocycles. The van der Waals surface area contributed by atoms with Crippen LogP contribution in [0.1, 0.15) is 31.2 Å². The fraction of sp³-hybridized carbons (Fsp3) is 0.444. The highest BCUT2D eigenvalue weighted by molar-refractivity contribution is 5.83. The number of hydrogen-bond donors (Lipinski definition) is 1. The van der Waals surface area contributed by atoms with Crippen molar-refractivity contribution in [3.8, 4) is 0 Å². The number of fused-ring (bicyclic) bond motifs is 1. The van der Waals surface area contributed by atoms with Crippen LogP contribution in [0.3, 0.4) is 0 Å². The first-order valence-electron chi connectivity index (χ1n) is 7.58. The maximum atomic E-state index is 3.55. The molecule has 1 saturated heterocycles. The van der Waals surface area contributed by atoms with Crippen molar-refractivity contribution >= 4 is 10.8 Å². The van der Waals surface area contributed by atoms with Gasteiger partial charge in [-0.15, -0.1) is 0 Å². The van der Waals surface area contributed by atoms with Gasteiger partial charge in [-0.25, -0.2) is 0 Å². The van der Waals surface area contributed by atoms with E-state index in [2.05, 4.69) is 47.8 Å². The van der Waals surface area contributed by atoms with E-state index in [1.807, 2.05) is 0 Å². The van der Waals surface area contributed by atoms with Crippen molar-refractivity contribution in [2.45, 2.75) is 31.1 Å². The molecule has 19 heavy (non-hydrogen) atoms. The van der Waals surface area contributed by atoms with E-state index in [4.69, 9.17) is 0 Å². The third-order valence-electron chi connectivity index (χ3n) is 5.41. The summed E-state index contributed by atoms with van der Waals surface area (Å²) in [5, 5.41) is 6.32. The molecule has 4 rings (SSSR count). The van der Waals surface area contributed by atoms with Gasteiger partial charge in [0, 0.05) is 0 Å². The van der Waals surface area contributed by atoms with Crippen LogP contribution in [-0.4, -0.2) is 13.1 Å². The Morgan fingerprint density at radius 2 is 1.84 bits per heavy atom. The van der Waals surface area contributed by atoms with Gasteiger partial charge in [-0.2, -0.15) is 0 Å². The molecular formula is C18H21N. The van der Waals surface area contributed by atoms with Gasteiger partial charge in [0.05, 0.1) is 0 Å². The minimum atomic E-state index is 0.480. The summed E-state index contributed by atoms with van der Waals surface area (Å²) in [4.78, 5) is 0. The molecule has 1 atom stereocenters. The molecular weight excluding hydrogens is 230 g/mol. The summed E-state index contributed by atoms with van der Waals surface area (Å²) in [6.07, 6.45) is 5.53. The van der Waals surface area contributed by atoms with Gasteiger partial charge in [0.15, 0.2) is 0 Å². The van der Waals surface area contributed by atoms with E-state index < -0.39 is 0 Å². The molecule has 1 nitrogen and oxygen atoms in total. The Kier molecular flexibility index (Phi) is 2.63. The fourth-order valence-electron chi connectivity index (χ4n) is 4.12. The lowest BCUT2D eigenvalue weighted by atomic mass is 9.57. The fourth-order valence-corrected chi connectivity index (χ4v) is 4.12. The molecule has 0 amide bonds. The molecule has 0 aromatic heterocycles. The molecule has 1 heteroatoms. The minimum absolute atomic E-state index is 0.480. The van der Waals surface area contributed by atoms with Crippen molar-refractivity contribution in [2.24, 2.45) is 5.92 Å². The first-order chi connectivity index (χ1) is 9.38. The average Bonchev–Trinajstić information content (AvgIpc) is 2.92. The van der Waals surface area contributed by atoms with Crippen molar-refractivity contribution in [2.75, 3.05) is 13.1 Å². The summed E-state index contributed by atoms with van der Waals surface area (Å²) in [5.41, 5.74) is 2.07. The van der Waals surface area contributed by atoms with Gasteiger partial charge in [0.25, 0.3) is 0 Å². The number of benzene rings is 2. The molecule has 2 aliphatic rings. The summed E-state index contributed by atoms with van der Waals surface area (Å²) in [5.74, 6) is 0.849. The van der Waals surface area contributed by atoms with E-state index in [-0.39, 0.29) is 0 Å². The van der Waals surface area contributed by atoms with Gasteiger partial charge in [-0.05, 0) is 60.0 Å². The van der Waals surface area contributed by atoms with Crippen LogP contribution in [0.25, 0.3) is 10.8 Å². The largest absolute Gasteiger partial charge is 0.316 e. The van der Waals surface area contributed by atoms with Crippen molar-refractivity contribution in [3.63, 3.8) is 0 Å². The minimum Gasteiger partial charge on any atom is -0.316 e. The van der Waals surface area contributed by atoms with Crippen molar-refractivity contribution in [1.82, 2.24) is 5.32 Å². The average molecular weight is 251 g/mol. The molecule has 2 aromatic carbocycles. The second kappa shape index (κ2) is 4.35. The van der Waals surface area contributed by atoms with E-state index >= 15 is 0 Å². The Labute approximate surface area is 115 Å². The molecule has 1 aliphatic carbocycles. The zero-order chi connectivity index (χ0) is 12.7. The first kappa shape index (κ1) is 11.5. The molecule has 1 saturated carbocycles. The topological polar surface area (TPSA) is 12.0 Å². The van der Waals surface area contributed by atoms with Crippen LogP contribution in [-0.2, 0) is 5.41 Å². The third-order valence-corrected chi connectivity index (χ3v) is 5.41. The standard InChI is InChI=1S/C18H21N/c1-2-5-15-12-16(7-6-14(15)4-1)18(9-3-10-18)17-8-11-19-13-17/h1-2,4-7,12,17,19H,3,8-11,13H2. The Morgan fingerprint density at radius 3 is 2.53 bits per heavy atom.